The first-order valence-corrected chi connectivity index (χ1v) is 4.54. The average molecular weight is 196 g/mol. The van der Waals surface area contributed by atoms with Gasteiger partial charge in [-0.1, -0.05) is 5.21 Å². The van der Waals surface area contributed by atoms with Crippen molar-refractivity contribution in [3.8, 4) is 0 Å². The molecule has 0 saturated heterocycles. The van der Waals surface area contributed by atoms with E-state index in [2.05, 4.69) is 10.3 Å². The van der Waals surface area contributed by atoms with Gasteiger partial charge in [-0.3, -0.25) is 0 Å². The summed E-state index contributed by atoms with van der Waals surface area (Å²) in [6.45, 7) is 0.482. The Morgan fingerprint density at radius 1 is 1.71 bits per heavy atom. The lowest BCUT2D eigenvalue weighted by Gasteiger charge is -2.40. The minimum atomic E-state index is -1.05. The van der Waals surface area contributed by atoms with E-state index in [0.29, 0.717) is 6.54 Å². The normalized spacial score (nSPS) is 18.9. The van der Waals surface area contributed by atoms with E-state index in [1.165, 1.54) is 6.20 Å². The number of rotatable bonds is 3. The minimum Gasteiger partial charge on any atom is -0.476 e. The van der Waals surface area contributed by atoms with Crippen molar-refractivity contribution in [1.29, 1.82) is 0 Å². The molecule has 76 valence electrons. The molecular weight excluding hydrogens is 184 g/mol. The molecule has 14 heavy (non-hydrogen) atoms. The molecule has 6 heteroatoms. The molecule has 1 aliphatic carbocycles. The van der Waals surface area contributed by atoms with E-state index in [1.807, 2.05) is 0 Å². The van der Waals surface area contributed by atoms with Crippen LogP contribution in [0, 0.1) is 0 Å². The summed E-state index contributed by atoms with van der Waals surface area (Å²) in [5.41, 5.74) is 5.45. The topological polar surface area (TPSA) is 94.0 Å². The Hall–Kier alpha value is -1.43. The number of carbonyl (C=O) groups is 1. The highest BCUT2D eigenvalue weighted by atomic mass is 16.4. The van der Waals surface area contributed by atoms with Crippen molar-refractivity contribution >= 4 is 5.97 Å². The van der Waals surface area contributed by atoms with Gasteiger partial charge in [-0.05, 0) is 19.3 Å². The van der Waals surface area contributed by atoms with E-state index in [0.717, 1.165) is 19.3 Å². The second kappa shape index (κ2) is 3.06. The molecule has 0 aromatic carbocycles. The maximum absolute atomic E-state index is 10.6. The van der Waals surface area contributed by atoms with Crippen LogP contribution < -0.4 is 5.73 Å². The Balaban J connectivity index is 2.27. The van der Waals surface area contributed by atoms with E-state index < -0.39 is 5.97 Å². The van der Waals surface area contributed by atoms with Crippen LogP contribution in [0.3, 0.4) is 0 Å². The van der Waals surface area contributed by atoms with E-state index in [1.54, 1.807) is 4.68 Å². The largest absolute Gasteiger partial charge is 0.476 e. The third-order valence-electron chi connectivity index (χ3n) is 2.86. The van der Waals surface area contributed by atoms with Crippen LogP contribution in [0.1, 0.15) is 29.8 Å². The summed E-state index contributed by atoms with van der Waals surface area (Å²) < 4.78 is 1.60. The number of carboxylic acid groups (broad SMARTS) is 1. The Kier molecular flexibility index (Phi) is 1.99. The van der Waals surface area contributed by atoms with Crippen molar-refractivity contribution in [3.63, 3.8) is 0 Å². The van der Waals surface area contributed by atoms with Crippen molar-refractivity contribution in [3.05, 3.63) is 11.9 Å². The van der Waals surface area contributed by atoms with Crippen LogP contribution in [0.4, 0.5) is 0 Å². The molecule has 1 aromatic heterocycles. The van der Waals surface area contributed by atoms with Crippen LogP contribution in [0.5, 0.6) is 0 Å². The molecule has 0 aliphatic heterocycles. The summed E-state index contributed by atoms with van der Waals surface area (Å²) in [6.07, 6.45) is 4.46. The Morgan fingerprint density at radius 3 is 2.79 bits per heavy atom. The first kappa shape index (κ1) is 9.14. The van der Waals surface area contributed by atoms with Gasteiger partial charge in [-0.2, -0.15) is 0 Å². The van der Waals surface area contributed by atoms with Gasteiger partial charge in [-0.25, -0.2) is 9.48 Å². The Bertz CT molecular complexity index is 350. The molecule has 0 spiro atoms. The lowest BCUT2D eigenvalue weighted by Crippen LogP contribution is -2.47. The van der Waals surface area contributed by atoms with Crippen molar-refractivity contribution in [1.82, 2.24) is 15.0 Å². The van der Waals surface area contributed by atoms with Gasteiger partial charge in [0.15, 0.2) is 5.69 Å². The molecule has 0 unspecified atom stereocenters. The molecule has 1 aliphatic rings. The highest BCUT2D eigenvalue weighted by molar-refractivity contribution is 5.84. The van der Waals surface area contributed by atoms with Crippen molar-refractivity contribution in [2.24, 2.45) is 5.73 Å². The molecule has 1 saturated carbocycles. The van der Waals surface area contributed by atoms with Crippen LogP contribution >= 0.6 is 0 Å². The summed E-state index contributed by atoms with van der Waals surface area (Å²) in [4.78, 5) is 10.6. The molecule has 1 heterocycles. The van der Waals surface area contributed by atoms with Gasteiger partial charge in [0.05, 0.1) is 11.7 Å². The Labute approximate surface area is 80.7 Å². The first-order chi connectivity index (χ1) is 6.68. The summed E-state index contributed by atoms with van der Waals surface area (Å²) in [6, 6.07) is 0. The van der Waals surface area contributed by atoms with E-state index in [4.69, 9.17) is 10.8 Å². The SMILES string of the molecule is NCC1(n2cc(C(=O)O)nn2)CCC1. The number of carboxylic acids is 1. The fraction of sp³-hybridized carbons (Fsp3) is 0.625. The third-order valence-corrected chi connectivity index (χ3v) is 2.86. The fourth-order valence-corrected chi connectivity index (χ4v) is 1.71. The predicted octanol–water partition coefficient (Wildman–Crippen LogP) is -0.186. The smallest absolute Gasteiger partial charge is 0.358 e. The average Bonchev–Trinajstić information content (AvgIpc) is 2.52. The maximum atomic E-state index is 10.6. The van der Waals surface area contributed by atoms with E-state index in [-0.39, 0.29) is 11.2 Å². The lowest BCUT2D eigenvalue weighted by atomic mass is 9.77. The molecule has 0 amide bonds. The molecular formula is C8H12N4O2. The minimum absolute atomic E-state index is 0.0234. The summed E-state index contributed by atoms with van der Waals surface area (Å²) in [7, 11) is 0. The molecule has 3 N–H and O–H groups in total. The van der Waals surface area contributed by atoms with E-state index in [9.17, 15) is 4.79 Å². The molecule has 2 rings (SSSR count). The zero-order chi connectivity index (χ0) is 10.2. The van der Waals surface area contributed by atoms with Crippen molar-refractivity contribution in [2.45, 2.75) is 24.8 Å². The summed E-state index contributed by atoms with van der Waals surface area (Å²) in [5, 5.41) is 16.1. The monoisotopic (exact) mass is 196 g/mol. The highest BCUT2D eigenvalue weighted by Gasteiger charge is 2.38. The molecule has 0 atom stereocenters. The number of hydrogen-bond donors (Lipinski definition) is 2. The number of aromatic carboxylic acids is 1. The Morgan fingerprint density at radius 2 is 2.43 bits per heavy atom. The molecule has 1 fully saturated rings. The van der Waals surface area contributed by atoms with Gasteiger partial charge in [0.1, 0.15) is 0 Å². The standard InChI is InChI=1S/C8H12N4O2/c9-5-8(2-1-3-8)12-4-6(7(13)14)10-11-12/h4H,1-3,5,9H2,(H,13,14). The molecule has 0 radical (unpaired) electrons. The van der Waals surface area contributed by atoms with Gasteiger partial charge < -0.3 is 10.8 Å². The van der Waals surface area contributed by atoms with Gasteiger partial charge in [0.25, 0.3) is 0 Å². The van der Waals surface area contributed by atoms with Crippen LogP contribution in [-0.2, 0) is 5.54 Å². The quantitative estimate of drug-likeness (QED) is 0.699. The molecule has 6 nitrogen and oxygen atoms in total. The number of nitrogens with two attached hydrogens (primary N) is 1. The maximum Gasteiger partial charge on any atom is 0.358 e. The van der Waals surface area contributed by atoms with Crippen LogP contribution in [0.25, 0.3) is 0 Å². The van der Waals surface area contributed by atoms with Crippen LogP contribution in [0.2, 0.25) is 0 Å². The highest BCUT2D eigenvalue weighted by Crippen LogP contribution is 2.37. The van der Waals surface area contributed by atoms with Gasteiger partial charge in [0.2, 0.25) is 0 Å². The lowest BCUT2D eigenvalue weighted by molar-refractivity contribution is 0.0690. The summed E-state index contributed by atoms with van der Waals surface area (Å²) in [5.74, 6) is -1.05. The summed E-state index contributed by atoms with van der Waals surface area (Å²) >= 11 is 0. The predicted molar refractivity (Wildman–Crippen MR) is 47.9 cm³/mol. The molecule has 1 aromatic rings. The zero-order valence-corrected chi connectivity index (χ0v) is 7.68. The first-order valence-electron chi connectivity index (χ1n) is 4.54. The number of nitrogens with zero attached hydrogens (tertiary/aromatic N) is 3. The van der Waals surface area contributed by atoms with Gasteiger partial charge >= 0.3 is 5.97 Å². The van der Waals surface area contributed by atoms with Crippen LogP contribution in [0.15, 0.2) is 6.20 Å². The van der Waals surface area contributed by atoms with Gasteiger partial charge in [-0.15, -0.1) is 5.10 Å². The van der Waals surface area contributed by atoms with Crippen LogP contribution in [-0.4, -0.2) is 32.6 Å². The second-order valence-electron chi connectivity index (χ2n) is 3.64. The number of hydrogen-bond acceptors (Lipinski definition) is 4. The third kappa shape index (κ3) is 1.19. The van der Waals surface area contributed by atoms with Crippen molar-refractivity contribution < 1.29 is 9.90 Å². The van der Waals surface area contributed by atoms with Gasteiger partial charge in [0, 0.05) is 6.54 Å². The second-order valence-corrected chi connectivity index (χ2v) is 3.64. The fourth-order valence-electron chi connectivity index (χ4n) is 1.71. The number of aromatic nitrogens is 3. The molecule has 0 bridgehead atoms. The van der Waals surface area contributed by atoms with Crippen molar-refractivity contribution in [2.75, 3.05) is 6.54 Å². The van der Waals surface area contributed by atoms with E-state index >= 15 is 0 Å². The zero-order valence-electron chi connectivity index (χ0n) is 7.68.